The summed E-state index contributed by atoms with van der Waals surface area (Å²) in [6.07, 6.45) is 0. The fraction of sp³-hybridized carbons (Fsp3) is 0.368. The number of carbonyl (C=O) groups excluding carboxylic acids is 2. The van der Waals surface area contributed by atoms with Gasteiger partial charge in [-0.3, -0.25) is 9.59 Å². The number of carbonyl (C=O) groups is 2. The summed E-state index contributed by atoms with van der Waals surface area (Å²) < 4.78 is 0. The van der Waals surface area contributed by atoms with Crippen molar-refractivity contribution in [3.8, 4) is 0 Å². The summed E-state index contributed by atoms with van der Waals surface area (Å²) in [4.78, 5) is 25.1. The van der Waals surface area contributed by atoms with Crippen LogP contribution in [0.4, 0.5) is 5.00 Å². The van der Waals surface area contributed by atoms with Gasteiger partial charge in [-0.25, -0.2) is 0 Å². The van der Waals surface area contributed by atoms with Gasteiger partial charge in [0.1, 0.15) is 0 Å². The zero-order valence-corrected chi connectivity index (χ0v) is 15.6. The van der Waals surface area contributed by atoms with E-state index in [2.05, 4.69) is 10.6 Å². The Bertz CT molecular complexity index is 757. The van der Waals surface area contributed by atoms with Gasteiger partial charge in [0.2, 0.25) is 5.91 Å². The van der Waals surface area contributed by atoms with E-state index in [4.69, 9.17) is 0 Å². The predicted octanol–water partition coefficient (Wildman–Crippen LogP) is 4.28. The second kappa shape index (κ2) is 7.18. The molecule has 0 aliphatic heterocycles. The van der Waals surface area contributed by atoms with E-state index in [0.717, 1.165) is 16.7 Å². The Morgan fingerprint density at radius 3 is 2.38 bits per heavy atom. The summed E-state index contributed by atoms with van der Waals surface area (Å²) in [5.74, 6) is -0.173. The highest BCUT2D eigenvalue weighted by Gasteiger charge is 2.23. The molecule has 0 bridgehead atoms. The largest absolute Gasteiger partial charge is 0.347 e. The van der Waals surface area contributed by atoms with E-state index in [1.165, 1.54) is 11.3 Å². The van der Waals surface area contributed by atoms with Gasteiger partial charge in [0, 0.05) is 12.0 Å². The lowest BCUT2D eigenvalue weighted by molar-refractivity contribution is -0.123. The van der Waals surface area contributed by atoms with Crippen molar-refractivity contribution >= 4 is 28.2 Å². The Balaban J connectivity index is 2.05. The van der Waals surface area contributed by atoms with Crippen molar-refractivity contribution in [1.82, 2.24) is 5.32 Å². The zero-order chi connectivity index (χ0) is 17.9. The molecular weight excluding hydrogens is 320 g/mol. The molecule has 0 radical (unpaired) electrons. The number of hydrogen-bond donors (Lipinski definition) is 2. The third kappa shape index (κ3) is 4.45. The van der Waals surface area contributed by atoms with Crippen molar-refractivity contribution in [2.75, 3.05) is 5.32 Å². The first-order valence-electron chi connectivity index (χ1n) is 7.93. The highest BCUT2D eigenvalue weighted by atomic mass is 32.1. The minimum absolute atomic E-state index is 0.0596. The Labute approximate surface area is 147 Å². The van der Waals surface area contributed by atoms with E-state index in [0.29, 0.717) is 16.4 Å². The Morgan fingerprint density at radius 1 is 1.08 bits per heavy atom. The number of thiophene rings is 1. The van der Waals surface area contributed by atoms with Crippen LogP contribution in [0.15, 0.2) is 30.3 Å². The van der Waals surface area contributed by atoms with Gasteiger partial charge >= 0.3 is 0 Å². The standard InChI is InChI=1S/C19H24N2O2S/c1-12-8-6-7-9-14(12)11-20-17(22)16-13(2)10-15(24-16)21-18(23)19(3,4)5/h6-10H,11H2,1-5H3,(H,20,22)(H,21,23). The second-order valence-electron chi connectivity index (χ2n) is 6.94. The average Bonchev–Trinajstić information content (AvgIpc) is 2.86. The van der Waals surface area contributed by atoms with Crippen LogP contribution in [0.5, 0.6) is 0 Å². The van der Waals surface area contributed by atoms with Crippen LogP contribution in [0.1, 0.15) is 47.1 Å². The summed E-state index contributed by atoms with van der Waals surface area (Å²) in [5.41, 5.74) is 2.65. The number of aryl methyl sites for hydroxylation is 2. The van der Waals surface area contributed by atoms with Gasteiger partial charge in [0.15, 0.2) is 0 Å². The van der Waals surface area contributed by atoms with Crippen molar-refractivity contribution < 1.29 is 9.59 Å². The topological polar surface area (TPSA) is 58.2 Å². The molecule has 1 aromatic carbocycles. The number of amides is 2. The van der Waals surface area contributed by atoms with Gasteiger partial charge in [-0.15, -0.1) is 11.3 Å². The normalized spacial score (nSPS) is 11.2. The molecule has 2 aromatic rings. The number of rotatable bonds is 4. The molecule has 2 N–H and O–H groups in total. The Morgan fingerprint density at radius 2 is 1.75 bits per heavy atom. The Hall–Kier alpha value is -2.14. The van der Waals surface area contributed by atoms with Gasteiger partial charge in [-0.2, -0.15) is 0 Å². The molecule has 0 saturated heterocycles. The first-order chi connectivity index (χ1) is 11.2. The van der Waals surface area contributed by atoms with Crippen LogP contribution >= 0.6 is 11.3 Å². The third-order valence-corrected chi connectivity index (χ3v) is 4.89. The molecule has 0 fully saturated rings. The summed E-state index contributed by atoms with van der Waals surface area (Å²) in [7, 11) is 0. The summed E-state index contributed by atoms with van der Waals surface area (Å²) in [6.45, 7) is 9.98. The van der Waals surface area contributed by atoms with Crippen molar-refractivity contribution in [1.29, 1.82) is 0 Å². The molecular formula is C19H24N2O2S. The molecule has 0 aliphatic rings. The van der Waals surface area contributed by atoms with Crippen LogP contribution in [0.2, 0.25) is 0 Å². The van der Waals surface area contributed by atoms with Gasteiger partial charge in [-0.1, -0.05) is 45.0 Å². The first kappa shape index (κ1) is 18.2. The quantitative estimate of drug-likeness (QED) is 0.870. The fourth-order valence-corrected chi connectivity index (χ4v) is 3.12. The molecule has 2 amide bonds. The lowest BCUT2D eigenvalue weighted by Crippen LogP contribution is -2.27. The lowest BCUT2D eigenvalue weighted by atomic mass is 9.96. The summed E-state index contributed by atoms with van der Waals surface area (Å²) in [5, 5.41) is 6.54. The molecule has 0 saturated carbocycles. The van der Waals surface area contributed by atoms with E-state index in [1.807, 2.05) is 65.0 Å². The minimum atomic E-state index is -0.467. The van der Waals surface area contributed by atoms with Crippen LogP contribution < -0.4 is 10.6 Å². The van der Waals surface area contributed by atoms with Crippen molar-refractivity contribution in [2.45, 2.75) is 41.2 Å². The van der Waals surface area contributed by atoms with E-state index < -0.39 is 5.41 Å². The Kier molecular flexibility index (Phi) is 5.44. The molecule has 0 spiro atoms. The highest BCUT2D eigenvalue weighted by Crippen LogP contribution is 2.28. The minimum Gasteiger partial charge on any atom is -0.347 e. The molecule has 5 heteroatoms. The van der Waals surface area contributed by atoms with E-state index in [-0.39, 0.29) is 11.8 Å². The van der Waals surface area contributed by atoms with E-state index >= 15 is 0 Å². The SMILES string of the molecule is Cc1ccccc1CNC(=O)c1sc(NC(=O)C(C)(C)C)cc1C. The van der Waals surface area contributed by atoms with Crippen molar-refractivity contribution in [3.63, 3.8) is 0 Å². The van der Waals surface area contributed by atoms with E-state index in [1.54, 1.807) is 0 Å². The van der Waals surface area contributed by atoms with Crippen molar-refractivity contribution in [3.05, 3.63) is 51.9 Å². The van der Waals surface area contributed by atoms with Gasteiger partial charge in [0.25, 0.3) is 5.91 Å². The molecule has 4 nitrogen and oxygen atoms in total. The molecule has 0 aliphatic carbocycles. The summed E-state index contributed by atoms with van der Waals surface area (Å²) >= 11 is 1.31. The van der Waals surface area contributed by atoms with Crippen molar-refractivity contribution in [2.24, 2.45) is 5.41 Å². The van der Waals surface area contributed by atoms with E-state index in [9.17, 15) is 9.59 Å². The maximum atomic E-state index is 12.4. The van der Waals surface area contributed by atoms with Gasteiger partial charge < -0.3 is 10.6 Å². The molecule has 1 heterocycles. The maximum absolute atomic E-state index is 12.4. The third-order valence-electron chi connectivity index (χ3n) is 3.74. The molecule has 24 heavy (non-hydrogen) atoms. The number of anilines is 1. The molecule has 1 aromatic heterocycles. The monoisotopic (exact) mass is 344 g/mol. The molecule has 2 rings (SSSR count). The molecule has 0 unspecified atom stereocenters. The first-order valence-corrected chi connectivity index (χ1v) is 8.74. The van der Waals surface area contributed by atoms with Crippen LogP contribution in [0.3, 0.4) is 0 Å². The number of benzene rings is 1. The maximum Gasteiger partial charge on any atom is 0.261 e. The summed E-state index contributed by atoms with van der Waals surface area (Å²) in [6, 6.07) is 9.82. The smallest absolute Gasteiger partial charge is 0.261 e. The number of nitrogens with one attached hydrogen (secondary N) is 2. The lowest BCUT2D eigenvalue weighted by Gasteiger charge is -2.16. The average molecular weight is 344 g/mol. The fourth-order valence-electron chi connectivity index (χ4n) is 2.13. The van der Waals surface area contributed by atoms with Gasteiger partial charge in [-0.05, 0) is 36.6 Å². The molecule has 128 valence electrons. The van der Waals surface area contributed by atoms with Gasteiger partial charge in [0.05, 0.1) is 9.88 Å². The highest BCUT2D eigenvalue weighted by molar-refractivity contribution is 7.18. The molecule has 0 atom stereocenters. The van der Waals surface area contributed by atoms with Crippen LogP contribution in [0.25, 0.3) is 0 Å². The number of hydrogen-bond acceptors (Lipinski definition) is 3. The predicted molar refractivity (Wildman–Crippen MR) is 99.5 cm³/mol. The zero-order valence-electron chi connectivity index (χ0n) is 14.8. The van der Waals surface area contributed by atoms with Crippen LogP contribution in [-0.4, -0.2) is 11.8 Å². The van der Waals surface area contributed by atoms with Crippen LogP contribution in [0, 0.1) is 19.3 Å². The second-order valence-corrected chi connectivity index (χ2v) is 7.99. The van der Waals surface area contributed by atoms with Crippen LogP contribution in [-0.2, 0) is 11.3 Å².